The first-order valence-electron chi connectivity index (χ1n) is 10.9. The van der Waals surface area contributed by atoms with Gasteiger partial charge >= 0.3 is 0 Å². The quantitative estimate of drug-likeness (QED) is 0.524. The van der Waals surface area contributed by atoms with Gasteiger partial charge < -0.3 is 19.5 Å². The van der Waals surface area contributed by atoms with E-state index < -0.39 is 11.6 Å². The van der Waals surface area contributed by atoms with Gasteiger partial charge in [-0.05, 0) is 52.7 Å². The number of nitrogens with one attached hydrogen (secondary N) is 1. The second-order valence-electron chi connectivity index (χ2n) is 8.12. The van der Waals surface area contributed by atoms with E-state index in [1.165, 1.54) is 6.07 Å². The number of piperazine rings is 1. The molecule has 6 nitrogen and oxygen atoms in total. The summed E-state index contributed by atoms with van der Waals surface area (Å²) < 4.78 is 34.4. The number of ether oxygens (including phenoxy) is 1. The predicted molar refractivity (Wildman–Crippen MR) is 128 cm³/mol. The number of aryl methyl sites for hydroxylation is 1. The minimum absolute atomic E-state index is 0.0228. The topological polar surface area (TPSA) is 63.6 Å². The van der Waals surface area contributed by atoms with Crippen LogP contribution in [-0.2, 0) is 13.2 Å². The number of pyridine rings is 1. The Balaban J connectivity index is 1.52. The van der Waals surface area contributed by atoms with Crippen LogP contribution in [0.1, 0.15) is 27.2 Å². The molecule has 1 fully saturated rings. The number of rotatable bonds is 6. The van der Waals surface area contributed by atoms with Crippen LogP contribution in [0.5, 0.6) is 5.75 Å². The van der Waals surface area contributed by atoms with Crippen molar-refractivity contribution in [3.8, 4) is 5.75 Å². The number of halogens is 3. The third-order valence-corrected chi connectivity index (χ3v) is 6.46. The van der Waals surface area contributed by atoms with E-state index in [0.717, 1.165) is 30.8 Å². The number of benzene rings is 2. The summed E-state index contributed by atoms with van der Waals surface area (Å²) >= 11 is 3.29. The number of nitrogens with zero attached hydrogens (tertiary/aromatic N) is 2. The van der Waals surface area contributed by atoms with Gasteiger partial charge in [-0.25, -0.2) is 8.78 Å². The molecule has 1 aliphatic heterocycles. The van der Waals surface area contributed by atoms with Gasteiger partial charge in [0.1, 0.15) is 28.5 Å². The molecule has 0 saturated carbocycles. The molecule has 0 spiro atoms. The smallest absolute Gasteiger partial charge is 0.269 e. The van der Waals surface area contributed by atoms with Gasteiger partial charge in [0.15, 0.2) is 0 Å². The fourth-order valence-electron chi connectivity index (χ4n) is 3.85. The largest absolute Gasteiger partial charge is 0.487 e. The van der Waals surface area contributed by atoms with Gasteiger partial charge in [0.25, 0.3) is 11.5 Å². The summed E-state index contributed by atoms with van der Waals surface area (Å²) in [5, 5.41) is 3.23. The average molecular weight is 532 g/mol. The van der Waals surface area contributed by atoms with Gasteiger partial charge in [-0.3, -0.25) is 9.59 Å². The number of aromatic nitrogens is 1. The van der Waals surface area contributed by atoms with Gasteiger partial charge in [0.05, 0.1) is 6.54 Å². The molecular weight excluding hydrogens is 508 g/mol. The maximum absolute atomic E-state index is 13.9. The van der Waals surface area contributed by atoms with Crippen molar-refractivity contribution in [3.05, 3.63) is 97.4 Å². The Morgan fingerprint density at radius 2 is 1.88 bits per heavy atom. The molecule has 9 heteroatoms. The van der Waals surface area contributed by atoms with Crippen molar-refractivity contribution in [2.24, 2.45) is 0 Å². The number of hydrogen-bond acceptors (Lipinski definition) is 4. The molecule has 178 valence electrons. The van der Waals surface area contributed by atoms with Crippen LogP contribution in [0, 0.1) is 18.6 Å². The zero-order valence-electron chi connectivity index (χ0n) is 18.6. The highest BCUT2D eigenvalue weighted by Crippen LogP contribution is 2.24. The van der Waals surface area contributed by atoms with Crippen LogP contribution in [0.3, 0.4) is 0 Å². The number of carbonyl (C=O) groups excluding carboxylic acids is 1. The van der Waals surface area contributed by atoms with Crippen LogP contribution in [0.2, 0.25) is 0 Å². The lowest BCUT2D eigenvalue weighted by molar-refractivity contribution is 0.0735. The lowest BCUT2D eigenvalue weighted by Gasteiger charge is -2.27. The van der Waals surface area contributed by atoms with Crippen LogP contribution >= 0.6 is 15.9 Å². The molecule has 2 aromatic carbocycles. The summed E-state index contributed by atoms with van der Waals surface area (Å²) in [5.74, 6) is -1.13. The number of hydrogen-bond donors (Lipinski definition) is 1. The Hall–Kier alpha value is -3.04. The molecule has 1 aliphatic rings. The number of amides is 1. The normalized spacial score (nSPS) is 13.7. The van der Waals surface area contributed by atoms with Crippen molar-refractivity contribution < 1.29 is 18.3 Å². The molecule has 0 bridgehead atoms. The van der Waals surface area contributed by atoms with Crippen LogP contribution < -0.4 is 15.6 Å². The third kappa shape index (κ3) is 5.37. The van der Waals surface area contributed by atoms with Crippen molar-refractivity contribution in [3.63, 3.8) is 0 Å². The monoisotopic (exact) mass is 531 g/mol. The van der Waals surface area contributed by atoms with E-state index in [0.29, 0.717) is 24.3 Å². The molecule has 2 heterocycles. The van der Waals surface area contributed by atoms with Gasteiger partial charge in [-0.1, -0.05) is 12.1 Å². The van der Waals surface area contributed by atoms with Gasteiger partial charge in [-0.15, -0.1) is 0 Å². The molecule has 3 aromatic rings. The zero-order chi connectivity index (χ0) is 24.2. The molecule has 0 atom stereocenters. The van der Waals surface area contributed by atoms with Crippen molar-refractivity contribution in [2.75, 3.05) is 26.2 Å². The Labute approximate surface area is 204 Å². The van der Waals surface area contributed by atoms with Gasteiger partial charge in [0.2, 0.25) is 0 Å². The summed E-state index contributed by atoms with van der Waals surface area (Å²) in [6, 6.07) is 12.2. The second-order valence-corrected chi connectivity index (χ2v) is 8.92. The fraction of sp³-hybridized carbons (Fsp3) is 0.280. The Morgan fingerprint density at radius 3 is 2.62 bits per heavy atom. The molecule has 1 amide bonds. The number of carbonyl (C=O) groups is 1. The van der Waals surface area contributed by atoms with Crippen molar-refractivity contribution in [1.29, 1.82) is 0 Å². The van der Waals surface area contributed by atoms with E-state index in [-0.39, 0.29) is 40.4 Å². The second kappa shape index (κ2) is 10.5. The zero-order valence-corrected chi connectivity index (χ0v) is 20.2. The van der Waals surface area contributed by atoms with E-state index in [9.17, 15) is 18.4 Å². The van der Waals surface area contributed by atoms with Crippen LogP contribution in [0.25, 0.3) is 0 Å². The molecule has 0 unspecified atom stereocenters. The standard InChI is InChI=1S/C25H24BrF2N3O3/c1-16-11-22(34-15-19-5-6-20(27)13-21(19)28)23(26)25(33)31(16)14-17-3-2-4-18(12-17)24(32)30-9-7-29-8-10-30/h2-6,11-13,29H,7-10,14-15H2,1H3. The molecule has 1 N–H and O–H groups in total. The molecule has 1 saturated heterocycles. The van der Waals surface area contributed by atoms with Crippen molar-refractivity contribution in [2.45, 2.75) is 20.1 Å². The molecule has 34 heavy (non-hydrogen) atoms. The first kappa shape index (κ1) is 24.1. The average Bonchev–Trinajstić information content (AvgIpc) is 2.84. The molecule has 0 aliphatic carbocycles. The SMILES string of the molecule is Cc1cc(OCc2ccc(F)cc2F)c(Br)c(=O)n1Cc1cccc(C(=O)N2CCNCC2)c1. The molecule has 4 rings (SSSR count). The highest BCUT2D eigenvalue weighted by atomic mass is 79.9. The van der Waals surface area contributed by atoms with Crippen LogP contribution in [-0.4, -0.2) is 41.6 Å². The van der Waals surface area contributed by atoms with Gasteiger partial charge in [0, 0.05) is 55.1 Å². The van der Waals surface area contributed by atoms with Crippen molar-refractivity contribution in [1.82, 2.24) is 14.8 Å². The minimum atomic E-state index is -0.712. The van der Waals surface area contributed by atoms with E-state index in [1.54, 1.807) is 23.6 Å². The first-order chi connectivity index (χ1) is 16.3. The maximum Gasteiger partial charge on any atom is 0.269 e. The Morgan fingerprint density at radius 1 is 1.12 bits per heavy atom. The molecular formula is C25H24BrF2N3O3. The maximum atomic E-state index is 13.9. The van der Waals surface area contributed by atoms with E-state index in [4.69, 9.17) is 4.74 Å². The van der Waals surface area contributed by atoms with Crippen LogP contribution in [0.4, 0.5) is 8.78 Å². The molecule has 1 aromatic heterocycles. The summed E-state index contributed by atoms with van der Waals surface area (Å²) in [7, 11) is 0. The summed E-state index contributed by atoms with van der Waals surface area (Å²) in [5.41, 5.74) is 1.92. The summed E-state index contributed by atoms with van der Waals surface area (Å²) in [6.07, 6.45) is 0. The summed E-state index contributed by atoms with van der Waals surface area (Å²) in [4.78, 5) is 27.7. The minimum Gasteiger partial charge on any atom is -0.487 e. The Bertz CT molecular complexity index is 1270. The highest BCUT2D eigenvalue weighted by Gasteiger charge is 2.19. The lowest BCUT2D eigenvalue weighted by Crippen LogP contribution is -2.46. The Kier molecular flexibility index (Phi) is 7.43. The highest BCUT2D eigenvalue weighted by molar-refractivity contribution is 9.10. The first-order valence-corrected chi connectivity index (χ1v) is 11.7. The summed E-state index contributed by atoms with van der Waals surface area (Å²) in [6.45, 7) is 4.78. The lowest BCUT2D eigenvalue weighted by atomic mass is 10.1. The molecule has 0 radical (unpaired) electrons. The fourth-order valence-corrected chi connectivity index (χ4v) is 4.29. The van der Waals surface area contributed by atoms with E-state index in [2.05, 4.69) is 21.2 Å². The van der Waals surface area contributed by atoms with Crippen molar-refractivity contribution >= 4 is 21.8 Å². The predicted octanol–water partition coefficient (Wildman–Crippen LogP) is 3.87. The van der Waals surface area contributed by atoms with Crippen LogP contribution in [0.15, 0.2) is 57.8 Å². The third-order valence-electron chi connectivity index (χ3n) is 5.73. The van der Waals surface area contributed by atoms with E-state index in [1.807, 2.05) is 23.1 Å². The van der Waals surface area contributed by atoms with Gasteiger partial charge in [-0.2, -0.15) is 0 Å². The van der Waals surface area contributed by atoms with E-state index >= 15 is 0 Å².